The summed E-state index contributed by atoms with van der Waals surface area (Å²) in [4.78, 5) is 26.3. The number of benzene rings is 2. The van der Waals surface area contributed by atoms with E-state index in [2.05, 4.69) is 5.32 Å². The molecule has 2 atom stereocenters. The molecule has 32 heavy (non-hydrogen) atoms. The van der Waals surface area contributed by atoms with Crippen molar-refractivity contribution < 1.29 is 19.4 Å². The predicted octanol–water partition coefficient (Wildman–Crippen LogP) is 4.04. The number of rotatable bonds is 6. The zero-order valence-corrected chi connectivity index (χ0v) is 18.8. The van der Waals surface area contributed by atoms with Gasteiger partial charge in [0.25, 0.3) is 5.91 Å². The van der Waals surface area contributed by atoms with Crippen molar-refractivity contribution >= 4 is 11.7 Å². The molecule has 4 bridgehead atoms. The minimum absolute atomic E-state index is 0.0627. The molecule has 0 heterocycles. The second-order valence-corrected chi connectivity index (χ2v) is 10.2. The first kappa shape index (κ1) is 21.4. The van der Waals surface area contributed by atoms with Gasteiger partial charge in [-0.05, 0) is 80.5 Å². The van der Waals surface area contributed by atoms with Crippen LogP contribution in [-0.4, -0.2) is 35.5 Å². The van der Waals surface area contributed by atoms with Gasteiger partial charge in [0.05, 0.1) is 12.2 Å². The summed E-state index contributed by atoms with van der Waals surface area (Å²) in [6.45, 7) is 2.22. The van der Waals surface area contributed by atoms with E-state index >= 15 is 0 Å². The van der Waals surface area contributed by atoms with E-state index in [9.17, 15) is 14.7 Å². The van der Waals surface area contributed by atoms with Gasteiger partial charge in [-0.15, -0.1) is 0 Å². The van der Waals surface area contributed by atoms with E-state index in [1.54, 1.807) is 25.3 Å². The number of hydrogen-bond donors (Lipinski definition) is 2. The number of aliphatic hydroxyl groups is 1. The Hall–Kier alpha value is -2.50. The van der Waals surface area contributed by atoms with Crippen LogP contribution in [0.3, 0.4) is 0 Å². The van der Waals surface area contributed by atoms with Crippen LogP contribution in [0.4, 0.5) is 0 Å². The van der Waals surface area contributed by atoms with Gasteiger partial charge in [-0.3, -0.25) is 9.59 Å². The van der Waals surface area contributed by atoms with Gasteiger partial charge in [-0.25, -0.2) is 0 Å². The third-order valence-corrected chi connectivity index (χ3v) is 7.73. The van der Waals surface area contributed by atoms with E-state index in [1.165, 1.54) is 0 Å². The molecule has 4 aliphatic rings. The van der Waals surface area contributed by atoms with Gasteiger partial charge < -0.3 is 15.2 Å². The predicted molar refractivity (Wildman–Crippen MR) is 122 cm³/mol. The summed E-state index contributed by atoms with van der Waals surface area (Å²) in [6, 6.07) is 12.9. The quantitative estimate of drug-likeness (QED) is 0.674. The molecule has 4 fully saturated rings. The lowest BCUT2D eigenvalue weighted by molar-refractivity contribution is -0.136. The summed E-state index contributed by atoms with van der Waals surface area (Å²) in [5.74, 6) is 1.12. The molecule has 1 amide bonds. The van der Waals surface area contributed by atoms with Crippen molar-refractivity contribution in [2.75, 3.05) is 7.11 Å². The first-order valence-corrected chi connectivity index (χ1v) is 11.6. The van der Waals surface area contributed by atoms with Gasteiger partial charge in [0.15, 0.2) is 5.78 Å². The molecule has 2 N–H and O–H groups in total. The van der Waals surface area contributed by atoms with Crippen molar-refractivity contribution in [3.05, 3.63) is 70.3 Å². The highest BCUT2D eigenvalue weighted by atomic mass is 16.5. The summed E-state index contributed by atoms with van der Waals surface area (Å²) in [6.07, 6.45) is 4.70. The smallest absolute Gasteiger partial charge is 0.251 e. The molecule has 0 spiro atoms. The molecule has 2 aromatic carbocycles. The Morgan fingerprint density at radius 3 is 2.44 bits per heavy atom. The zero-order valence-electron chi connectivity index (χ0n) is 18.8. The Balaban J connectivity index is 1.37. The maximum Gasteiger partial charge on any atom is 0.251 e. The number of nitrogens with one attached hydrogen (secondary N) is 1. The summed E-state index contributed by atoms with van der Waals surface area (Å²) >= 11 is 0. The van der Waals surface area contributed by atoms with Crippen LogP contribution in [-0.2, 0) is 11.3 Å². The minimum atomic E-state index is -0.517. The van der Waals surface area contributed by atoms with Gasteiger partial charge in [-0.2, -0.15) is 0 Å². The van der Waals surface area contributed by atoms with Gasteiger partial charge in [-0.1, -0.05) is 29.8 Å². The number of carbonyl (C=O) groups is 2. The molecule has 0 saturated heterocycles. The molecular weight excluding hydrogens is 402 g/mol. The lowest BCUT2D eigenvalue weighted by Crippen LogP contribution is -2.61. The maximum atomic E-state index is 13.3. The molecular formula is C27H31NO4. The lowest BCUT2D eigenvalue weighted by atomic mass is 9.52. The highest BCUT2D eigenvalue weighted by Gasteiger charge is 2.55. The van der Waals surface area contributed by atoms with E-state index in [-0.39, 0.29) is 24.3 Å². The van der Waals surface area contributed by atoms with Crippen molar-refractivity contribution in [3.63, 3.8) is 0 Å². The number of hydrogen-bond acceptors (Lipinski definition) is 4. The topological polar surface area (TPSA) is 75.6 Å². The first-order valence-electron chi connectivity index (χ1n) is 11.6. The van der Waals surface area contributed by atoms with Crippen LogP contribution in [0.2, 0.25) is 0 Å². The number of ether oxygens (including phenoxy) is 1. The van der Waals surface area contributed by atoms with Crippen molar-refractivity contribution in [1.29, 1.82) is 0 Å². The summed E-state index contributed by atoms with van der Waals surface area (Å²) in [5, 5.41) is 14.1. The maximum absolute atomic E-state index is 13.3. The lowest BCUT2D eigenvalue weighted by Gasteiger charge is -2.58. The van der Waals surface area contributed by atoms with E-state index in [4.69, 9.17) is 4.74 Å². The minimum Gasteiger partial charge on any atom is -0.390 e. The van der Waals surface area contributed by atoms with Gasteiger partial charge in [0.2, 0.25) is 0 Å². The van der Waals surface area contributed by atoms with Crippen molar-refractivity contribution in [1.82, 2.24) is 5.32 Å². The van der Waals surface area contributed by atoms with E-state index < -0.39 is 5.60 Å². The Labute approximate surface area is 189 Å². The average molecular weight is 434 g/mol. The van der Waals surface area contributed by atoms with Crippen LogP contribution >= 0.6 is 0 Å². The number of aryl methyl sites for hydroxylation is 1. The largest absolute Gasteiger partial charge is 0.390 e. The molecule has 168 valence electrons. The highest BCUT2D eigenvalue weighted by Crippen LogP contribution is 2.55. The van der Waals surface area contributed by atoms with Crippen LogP contribution < -0.4 is 5.32 Å². The van der Waals surface area contributed by atoms with Gasteiger partial charge in [0.1, 0.15) is 0 Å². The van der Waals surface area contributed by atoms with Crippen LogP contribution in [0.25, 0.3) is 0 Å². The molecule has 2 unspecified atom stereocenters. The summed E-state index contributed by atoms with van der Waals surface area (Å²) in [5.41, 5.74) is 2.97. The van der Waals surface area contributed by atoms with Crippen LogP contribution in [0.5, 0.6) is 0 Å². The Morgan fingerprint density at radius 1 is 1.06 bits per heavy atom. The molecule has 0 aliphatic heterocycles. The van der Waals surface area contributed by atoms with Gasteiger partial charge >= 0.3 is 0 Å². The Kier molecular flexibility index (Phi) is 5.42. The second-order valence-electron chi connectivity index (χ2n) is 10.2. The van der Waals surface area contributed by atoms with Crippen LogP contribution in [0, 0.1) is 24.7 Å². The zero-order chi connectivity index (χ0) is 22.5. The fraction of sp³-hybridized carbons (Fsp3) is 0.481. The number of carbonyl (C=O) groups excluding carboxylic acids is 2. The number of ketones is 1. The van der Waals surface area contributed by atoms with Crippen molar-refractivity contribution in [3.8, 4) is 0 Å². The first-order chi connectivity index (χ1) is 15.3. The molecule has 4 aliphatic carbocycles. The average Bonchev–Trinajstić information content (AvgIpc) is 2.74. The number of amides is 1. The fourth-order valence-corrected chi connectivity index (χ4v) is 6.63. The second kappa shape index (κ2) is 8.13. The number of methoxy groups -OCH3 is 1. The Morgan fingerprint density at radius 2 is 1.78 bits per heavy atom. The summed E-state index contributed by atoms with van der Waals surface area (Å²) < 4.78 is 5.35. The molecule has 5 nitrogen and oxygen atoms in total. The van der Waals surface area contributed by atoms with Crippen molar-refractivity contribution in [2.45, 2.75) is 57.3 Å². The van der Waals surface area contributed by atoms with E-state index in [0.717, 1.165) is 37.7 Å². The van der Waals surface area contributed by atoms with Gasteiger partial charge in [0, 0.05) is 29.8 Å². The molecule has 0 radical (unpaired) electrons. The van der Waals surface area contributed by atoms with Crippen molar-refractivity contribution in [2.24, 2.45) is 17.8 Å². The van der Waals surface area contributed by atoms with E-state index in [1.807, 2.05) is 31.2 Å². The van der Waals surface area contributed by atoms with E-state index in [0.29, 0.717) is 40.0 Å². The SMILES string of the molecule is COCc1cc(C(=O)c2cccc(C)c2)ccc1C(=O)NC1C2CC3CC1CC(O)(C3)C2. The standard InChI is InChI=1S/C27H31NO4/c1-16-4-3-5-18(8-16)25(29)19-6-7-23(22(11-19)15-32-2)26(30)28-24-20-9-17-10-21(24)14-27(31,12-17)13-20/h3-8,11,17,20-21,24,31H,9-10,12-15H2,1-2H3,(H,28,30). The van der Waals surface area contributed by atoms with Crippen LogP contribution in [0.15, 0.2) is 42.5 Å². The third-order valence-electron chi connectivity index (χ3n) is 7.73. The molecule has 6 rings (SSSR count). The summed E-state index contributed by atoms with van der Waals surface area (Å²) in [7, 11) is 1.59. The molecule has 5 heteroatoms. The third kappa shape index (κ3) is 3.89. The monoisotopic (exact) mass is 433 g/mol. The van der Waals surface area contributed by atoms with Crippen LogP contribution in [0.1, 0.15) is 69.5 Å². The molecule has 4 saturated carbocycles. The Bertz CT molecular complexity index is 1050. The fourth-order valence-electron chi connectivity index (χ4n) is 6.63. The molecule has 0 aromatic heterocycles. The normalized spacial score (nSPS) is 30.3. The molecule has 2 aromatic rings. The highest BCUT2D eigenvalue weighted by molar-refractivity contribution is 6.09.